The molecular formula is C12H14FN. The minimum atomic E-state index is -0.332. The Morgan fingerprint density at radius 3 is 2.57 bits per heavy atom. The summed E-state index contributed by atoms with van der Waals surface area (Å²) in [6.07, 6.45) is 0.882. The summed E-state index contributed by atoms with van der Waals surface area (Å²) in [4.78, 5) is 0. The lowest BCUT2D eigenvalue weighted by atomic mass is 9.86. The Hall–Kier alpha value is -1.36. The van der Waals surface area contributed by atoms with Gasteiger partial charge >= 0.3 is 0 Å². The molecule has 0 N–H and O–H groups in total. The Morgan fingerprint density at radius 2 is 2.07 bits per heavy atom. The third-order valence-electron chi connectivity index (χ3n) is 2.59. The molecule has 0 aromatic heterocycles. The van der Waals surface area contributed by atoms with Gasteiger partial charge in [0.2, 0.25) is 0 Å². The highest BCUT2D eigenvalue weighted by Gasteiger charge is 2.19. The second-order valence-electron chi connectivity index (χ2n) is 3.51. The zero-order valence-corrected chi connectivity index (χ0v) is 8.50. The van der Waals surface area contributed by atoms with Crippen LogP contribution in [0.25, 0.3) is 0 Å². The van der Waals surface area contributed by atoms with Crippen LogP contribution in [0.1, 0.15) is 31.7 Å². The zero-order valence-electron chi connectivity index (χ0n) is 8.50. The van der Waals surface area contributed by atoms with Gasteiger partial charge in [-0.3, -0.25) is 0 Å². The largest absolute Gasteiger partial charge is 0.207 e. The molecule has 1 aromatic carbocycles. The topological polar surface area (TPSA) is 23.8 Å². The normalized spacial score (nSPS) is 14.4. The van der Waals surface area contributed by atoms with E-state index >= 15 is 0 Å². The van der Waals surface area contributed by atoms with E-state index in [-0.39, 0.29) is 17.7 Å². The summed E-state index contributed by atoms with van der Waals surface area (Å²) in [6.45, 7) is 3.98. The number of nitriles is 1. The third-order valence-corrected chi connectivity index (χ3v) is 2.59. The number of rotatable bonds is 3. The molecule has 0 spiro atoms. The molecule has 0 saturated heterocycles. The Morgan fingerprint density at radius 1 is 1.43 bits per heavy atom. The lowest BCUT2D eigenvalue weighted by Gasteiger charge is -2.16. The van der Waals surface area contributed by atoms with Crippen molar-refractivity contribution < 1.29 is 4.39 Å². The predicted molar refractivity (Wildman–Crippen MR) is 54.2 cm³/mol. The summed E-state index contributed by atoms with van der Waals surface area (Å²) >= 11 is 0. The first-order valence-electron chi connectivity index (χ1n) is 4.84. The van der Waals surface area contributed by atoms with Gasteiger partial charge in [0.1, 0.15) is 5.82 Å². The first-order valence-corrected chi connectivity index (χ1v) is 4.84. The fourth-order valence-electron chi connectivity index (χ4n) is 1.47. The maximum atomic E-state index is 13.4. The van der Waals surface area contributed by atoms with E-state index in [4.69, 9.17) is 5.26 Å². The molecule has 14 heavy (non-hydrogen) atoms. The summed E-state index contributed by atoms with van der Waals surface area (Å²) < 4.78 is 13.4. The molecule has 0 fully saturated rings. The Balaban J connectivity index is 3.02. The van der Waals surface area contributed by atoms with Gasteiger partial charge in [-0.15, -0.1) is 0 Å². The molecule has 1 nitrogen and oxygen atoms in total. The number of hydrogen-bond donors (Lipinski definition) is 0. The van der Waals surface area contributed by atoms with Crippen molar-refractivity contribution in [2.75, 3.05) is 0 Å². The van der Waals surface area contributed by atoms with Gasteiger partial charge in [0.15, 0.2) is 0 Å². The van der Waals surface area contributed by atoms with E-state index in [1.165, 1.54) is 6.07 Å². The second kappa shape index (κ2) is 4.76. The van der Waals surface area contributed by atoms with Gasteiger partial charge in [0.05, 0.1) is 12.0 Å². The summed E-state index contributed by atoms with van der Waals surface area (Å²) in [6, 6.07) is 8.68. The summed E-state index contributed by atoms with van der Waals surface area (Å²) in [7, 11) is 0. The summed E-state index contributed by atoms with van der Waals surface area (Å²) in [5.74, 6) is -0.419. The van der Waals surface area contributed by atoms with Crippen molar-refractivity contribution in [3.63, 3.8) is 0 Å². The van der Waals surface area contributed by atoms with Crippen LogP contribution in [0.4, 0.5) is 4.39 Å². The van der Waals surface area contributed by atoms with Gasteiger partial charge in [-0.2, -0.15) is 5.26 Å². The van der Waals surface area contributed by atoms with Crippen LogP contribution in [-0.4, -0.2) is 0 Å². The first-order chi connectivity index (χ1) is 6.70. The highest BCUT2D eigenvalue weighted by Crippen LogP contribution is 2.27. The van der Waals surface area contributed by atoms with E-state index in [9.17, 15) is 4.39 Å². The average Bonchev–Trinajstić information content (AvgIpc) is 2.21. The highest BCUT2D eigenvalue weighted by atomic mass is 19.1. The number of benzene rings is 1. The first kappa shape index (κ1) is 10.7. The monoisotopic (exact) mass is 191 g/mol. The minimum Gasteiger partial charge on any atom is -0.207 e. The van der Waals surface area contributed by atoms with Gasteiger partial charge in [-0.25, -0.2) is 4.39 Å². The van der Waals surface area contributed by atoms with Crippen LogP contribution < -0.4 is 0 Å². The summed E-state index contributed by atoms with van der Waals surface area (Å²) in [5, 5.41) is 8.99. The van der Waals surface area contributed by atoms with E-state index in [1.807, 2.05) is 13.8 Å². The van der Waals surface area contributed by atoms with Gasteiger partial charge < -0.3 is 0 Å². The lowest BCUT2D eigenvalue weighted by molar-refractivity contribution is 0.491. The molecule has 0 heterocycles. The standard InChI is InChI=1S/C12H14FN/c1-3-9(2)11(8-14)10-6-4-5-7-12(10)13/h4-7,9,11H,3H2,1-2H3. The van der Waals surface area contributed by atoms with E-state index < -0.39 is 0 Å². The molecule has 2 unspecified atom stereocenters. The van der Waals surface area contributed by atoms with Gasteiger partial charge in [-0.1, -0.05) is 38.5 Å². The molecule has 0 aliphatic carbocycles. The van der Waals surface area contributed by atoms with Crippen LogP contribution in [-0.2, 0) is 0 Å². The predicted octanol–water partition coefficient (Wildman–Crippen LogP) is 3.48. The third kappa shape index (κ3) is 2.11. The Bertz CT molecular complexity index is 340. The van der Waals surface area contributed by atoms with Crippen molar-refractivity contribution >= 4 is 0 Å². The molecule has 1 aromatic rings. The molecule has 2 atom stereocenters. The zero-order chi connectivity index (χ0) is 10.6. The van der Waals surface area contributed by atoms with Crippen molar-refractivity contribution in [2.45, 2.75) is 26.2 Å². The lowest BCUT2D eigenvalue weighted by Crippen LogP contribution is -2.08. The van der Waals surface area contributed by atoms with E-state index in [1.54, 1.807) is 18.2 Å². The quantitative estimate of drug-likeness (QED) is 0.717. The van der Waals surface area contributed by atoms with Crippen molar-refractivity contribution in [1.29, 1.82) is 5.26 Å². The van der Waals surface area contributed by atoms with Crippen molar-refractivity contribution in [2.24, 2.45) is 5.92 Å². The molecule has 2 heteroatoms. The molecule has 74 valence electrons. The maximum absolute atomic E-state index is 13.4. The molecule has 0 aliphatic rings. The SMILES string of the molecule is CCC(C)C(C#N)c1ccccc1F. The van der Waals surface area contributed by atoms with E-state index in [2.05, 4.69) is 6.07 Å². The van der Waals surface area contributed by atoms with Crippen LogP contribution in [0.3, 0.4) is 0 Å². The fourth-order valence-corrected chi connectivity index (χ4v) is 1.47. The fraction of sp³-hybridized carbons (Fsp3) is 0.417. The molecule has 1 rings (SSSR count). The van der Waals surface area contributed by atoms with Crippen LogP contribution in [0, 0.1) is 23.1 Å². The van der Waals surface area contributed by atoms with Crippen molar-refractivity contribution in [3.8, 4) is 6.07 Å². The average molecular weight is 191 g/mol. The Labute approximate surface area is 84.2 Å². The van der Waals surface area contributed by atoms with E-state index in [0.29, 0.717) is 5.56 Å². The number of hydrogen-bond acceptors (Lipinski definition) is 1. The molecule has 0 saturated carbocycles. The van der Waals surface area contributed by atoms with Crippen LogP contribution in [0.2, 0.25) is 0 Å². The van der Waals surface area contributed by atoms with Crippen LogP contribution >= 0.6 is 0 Å². The van der Waals surface area contributed by atoms with Crippen LogP contribution in [0.15, 0.2) is 24.3 Å². The summed E-state index contributed by atoms with van der Waals surface area (Å²) in [5.41, 5.74) is 0.518. The number of halogens is 1. The molecule has 0 aliphatic heterocycles. The van der Waals surface area contributed by atoms with Crippen molar-refractivity contribution in [3.05, 3.63) is 35.6 Å². The van der Waals surface area contributed by atoms with Gasteiger partial charge in [-0.05, 0) is 12.0 Å². The Kier molecular flexibility index (Phi) is 3.64. The van der Waals surface area contributed by atoms with Crippen molar-refractivity contribution in [1.82, 2.24) is 0 Å². The molecule has 0 bridgehead atoms. The second-order valence-corrected chi connectivity index (χ2v) is 3.51. The highest BCUT2D eigenvalue weighted by molar-refractivity contribution is 5.27. The van der Waals surface area contributed by atoms with E-state index in [0.717, 1.165) is 6.42 Å². The minimum absolute atomic E-state index is 0.192. The smallest absolute Gasteiger partial charge is 0.127 e. The maximum Gasteiger partial charge on any atom is 0.127 e. The molecule has 0 radical (unpaired) electrons. The van der Waals surface area contributed by atoms with Gasteiger partial charge in [0, 0.05) is 5.56 Å². The van der Waals surface area contributed by atoms with Gasteiger partial charge in [0.25, 0.3) is 0 Å². The molecular weight excluding hydrogens is 177 g/mol. The number of nitrogens with zero attached hydrogens (tertiary/aromatic N) is 1. The molecule has 0 amide bonds. The van der Waals surface area contributed by atoms with Crippen LogP contribution in [0.5, 0.6) is 0 Å².